The maximum absolute atomic E-state index is 2.35. The number of para-hydroxylation sites is 3. The summed E-state index contributed by atoms with van der Waals surface area (Å²) in [6.07, 6.45) is 3.33. The van der Waals surface area contributed by atoms with Crippen LogP contribution in [0.3, 0.4) is 0 Å². The van der Waals surface area contributed by atoms with E-state index in [4.69, 9.17) is 0 Å². The molecule has 4 aromatic rings. The highest BCUT2D eigenvalue weighted by molar-refractivity contribution is 5.87. The average Bonchev–Trinajstić information content (AvgIpc) is 3.04. The molecule has 1 aliphatic rings. The van der Waals surface area contributed by atoms with Crippen LogP contribution in [0.5, 0.6) is 0 Å². The van der Waals surface area contributed by atoms with E-state index in [-0.39, 0.29) is 24.0 Å². The first-order valence-electron chi connectivity index (χ1n) is 9.74. The smallest absolute Gasteiger partial charge is 0.219 e. The molecule has 0 N–H and O–H groups in total. The van der Waals surface area contributed by atoms with Crippen molar-refractivity contribution in [2.45, 2.75) is 13.3 Å². The summed E-state index contributed by atoms with van der Waals surface area (Å²) < 4.78 is 2.34. The summed E-state index contributed by atoms with van der Waals surface area (Å²) in [4.78, 5) is 2.32. The van der Waals surface area contributed by atoms with Gasteiger partial charge in [0.1, 0.15) is 0 Å². The summed E-state index contributed by atoms with van der Waals surface area (Å²) in [6.45, 7) is 2.19. The van der Waals surface area contributed by atoms with Crippen LogP contribution in [0.15, 0.2) is 90.6 Å². The van der Waals surface area contributed by atoms with E-state index in [2.05, 4.69) is 114 Å². The van der Waals surface area contributed by atoms with Gasteiger partial charge < -0.3 is 28.9 Å². The van der Waals surface area contributed by atoms with Gasteiger partial charge in [-0.2, -0.15) is 4.57 Å². The van der Waals surface area contributed by atoms with Crippen molar-refractivity contribution >= 4 is 22.7 Å². The van der Waals surface area contributed by atoms with E-state index >= 15 is 0 Å². The minimum atomic E-state index is 0. The fourth-order valence-electron chi connectivity index (χ4n) is 4.29. The fourth-order valence-corrected chi connectivity index (χ4v) is 4.29. The molecule has 0 fully saturated rings. The Kier molecular flexibility index (Phi) is 5.41. The molecule has 3 aromatic carbocycles. The van der Waals surface area contributed by atoms with Crippen molar-refractivity contribution in [3.63, 3.8) is 0 Å². The Labute approximate surface area is 189 Å². The summed E-state index contributed by atoms with van der Waals surface area (Å²) in [6, 6.07) is 30.2. The van der Waals surface area contributed by atoms with Crippen LogP contribution >= 0.6 is 0 Å². The summed E-state index contributed by atoms with van der Waals surface area (Å²) in [5.74, 6) is 0. The first kappa shape index (κ1) is 19.6. The van der Waals surface area contributed by atoms with Crippen molar-refractivity contribution in [3.05, 3.63) is 107 Å². The number of allylic oxidation sites excluding steroid dienone is 1. The number of fused-ring (bicyclic) bond motifs is 2. The average molecular weight is 490 g/mol. The molecule has 2 heterocycles. The van der Waals surface area contributed by atoms with Crippen LogP contribution in [0.2, 0.25) is 0 Å². The molecular weight excluding hydrogens is 467 g/mol. The molecule has 0 spiro atoms. The van der Waals surface area contributed by atoms with Gasteiger partial charge in [0, 0.05) is 56.0 Å². The van der Waals surface area contributed by atoms with Gasteiger partial charge in [-0.3, -0.25) is 0 Å². The van der Waals surface area contributed by atoms with Gasteiger partial charge in [0.15, 0.2) is 5.69 Å². The SMILES string of the molecule is Cc1cc(C=C2Cc3ccccc3N2C)c2ccccc2[n+]1-c1ccccc1.[I-]. The molecule has 0 aliphatic carbocycles. The van der Waals surface area contributed by atoms with Crippen LogP contribution in [0, 0.1) is 6.92 Å². The Balaban J connectivity index is 0.00000205. The molecule has 1 aliphatic heterocycles. The van der Waals surface area contributed by atoms with E-state index in [9.17, 15) is 0 Å². The number of benzene rings is 3. The van der Waals surface area contributed by atoms with Crippen LogP contribution in [-0.4, -0.2) is 7.05 Å². The third-order valence-corrected chi connectivity index (χ3v) is 5.66. The van der Waals surface area contributed by atoms with Crippen molar-refractivity contribution < 1.29 is 28.5 Å². The molecule has 0 bridgehead atoms. The topological polar surface area (TPSA) is 7.12 Å². The van der Waals surface area contributed by atoms with E-state index in [1.54, 1.807) is 0 Å². The second-order valence-corrected chi connectivity index (χ2v) is 7.43. The van der Waals surface area contributed by atoms with Gasteiger partial charge in [0.2, 0.25) is 11.2 Å². The monoisotopic (exact) mass is 490 g/mol. The van der Waals surface area contributed by atoms with Gasteiger partial charge in [-0.25, -0.2) is 0 Å². The van der Waals surface area contributed by atoms with E-state index in [1.807, 2.05) is 0 Å². The lowest BCUT2D eigenvalue weighted by atomic mass is 10.0. The van der Waals surface area contributed by atoms with Gasteiger partial charge in [-0.05, 0) is 29.3 Å². The molecule has 0 radical (unpaired) electrons. The summed E-state index contributed by atoms with van der Waals surface area (Å²) in [5, 5.41) is 1.27. The van der Waals surface area contributed by atoms with E-state index in [0.717, 1.165) is 6.42 Å². The molecule has 144 valence electrons. The van der Waals surface area contributed by atoms with E-state index in [0.29, 0.717) is 0 Å². The van der Waals surface area contributed by atoms with Crippen LogP contribution < -0.4 is 33.4 Å². The molecule has 29 heavy (non-hydrogen) atoms. The van der Waals surface area contributed by atoms with Gasteiger partial charge in [0.25, 0.3) is 0 Å². The van der Waals surface area contributed by atoms with Gasteiger partial charge in [-0.1, -0.05) is 48.5 Å². The third kappa shape index (κ3) is 3.44. The van der Waals surface area contributed by atoms with Crippen LogP contribution in [-0.2, 0) is 6.42 Å². The summed E-state index contributed by atoms with van der Waals surface area (Å²) >= 11 is 0. The number of anilines is 1. The minimum absolute atomic E-state index is 0. The van der Waals surface area contributed by atoms with Crippen molar-refractivity contribution in [1.29, 1.82) is 0 Å². The maximum Gasteiger partial charge on any atom is 0.219 e. The number of aryl methyl sites for hydroxylation is 1. The summed E-state index contributed by atoms with van der Waals surface area (Å²) in [5.41, 5.74) is 8.98. The maximum atomic E-state index is 2.35. The number of pyridine rings is 1. The Bertz CT molecular complexity index is 1210. The number of rotatable bonds is 2. The number of hydrogen-bond acceptors (Lipinski definition) is 1. The standard InChI is InChI=1S/C26H23N2.HI/c1-19-16-21(18-23-17-20-10-6-8-14-25(20)27(23)2)24-13-7-9-15-26(24)28(19)22-11-4-3-5-12-22;/h3-16,18H,17H2,1-2H3;1H/q+1;/p-1. The van der Waals surface area contributed by atoms with Gasteiger partial charge in [-0.15, -0.1) is 0 Å². The Morgan fingerprint density at radius 1 is 0.862 bits per heavy atom. The highest BCUT2D eigenvalue weighted by Gasteiger charge is 2.22. The highest BCUT2D eigenvalue weighted by atomic mass is 127. The molecule has 1 aromatic heterocycles. The summed E-state index contributed by atoms with van der Waals surface area (Å²) in [7, 11) is 2.17. The molecule has 0 saturated carbocycles. The Morgan fingerprint density at radius 3 is 2.34 bits per heavy atom. The number of nitrogens with zero attached hydrogens (tertiary/aromatic N) is 2. The minimum Gasteiger partial charge on any atom is -1.00 e. The molecule has 5 rings (SSSR count). The van der Waals surface area contributed by atoms with Crippen molar-refractivity contribution in [2.75, 3.05) is 11.9 Å². The van der Waals surface area contributed by atoms with Crippen molar-refractivity contribution in [3.8, 4) is 5.69 Å². The predicted octanol–water partition coefficient (Wildman–Crippen LogP) is 2.46. The zero-order valence-corrected chi connectivity index (χ0v) is 18.8. The second kappa shape index (κ2) is 7.99. The molecule has 3 heteroatoms. The first-order valence-corrected chi connectivity index (χ1v) is 9.74. The Hall–Kier alpha value is -2.66. The zero-order valence-electron chi connectivity index (χ0n) is 16.6. The highest BCUT2D eigenvalue weighted by Crippen LogP contribution is 2.34. The number of aromatic nitrogens is 1. The quantitative estimate of drug-likeness (QED) is 0.310. The van der Waals surface area contributed by atoms with Crippen molar-refractivity contribution in [2.24, 2.45) is 0 Å². The number of hydrogen-bond donors (Lipinski definition) is 0. The molecule has 0 unspecified atom stereocenters. The van der Waals surface area contributed by atoms with Crippen LogP contribution in [0.4, 0.5) is 5.69 Å². The second-order valence-electron chi connectivity index (χ2n) is 7.43. The van der Waals surface area contributed by atoms with Crippen molar-refractivity contribution in [1.82, 2.24) is 0 Å². The normalized spacial score (nSPS) is 14.1. The van der Waals surface area contributed by atoms with E-state index in [1.165, 1.54) is 44.8 Å². The predicted molar refractivity (Wildman–Crippen MR) is 117 cm³/mol. The number of likely N-dealkylation sites (N-methyl/N-ethyl adjacent to an activating group) is 1. The lowest BCUT2D eigenvalue weighted by Crippen LogP contribution is -3.00. The lowest BCUT2D eigenvalue weighted by Gasteiger charge is -2.15. The largest absolute Gasteiger partial charge is 1.00 e. The lowest BCUT2D eigenvalue weighted by molar-refractivity contribution is -0.574. The molecule has 0 amide bonds. The third-order valence-electron chi connectivity index (χ3n) is 5.66. The molecular formula is C26H23IN2. The first-order chi connectivity index (χ1) is 13.7. The van der Waals surface area contributed by atoms with Gasteiger partial charge in [0.05, 0.1) is 5.39 Å². The Morgan fingerprint density at radius 2 is 1.55 bits per heavy atom. The number of halogens is 1. The molecule has 0 atom stereocenters. The molecule has 2 nitrogen and oxygen atoms in total. The fraction of sp³-hybridized carbons (Fsp3) is 0.115. The van der Waals surface area contributed by atoms with Gasteiger partial charge >= 0.3 is 0 Å². The zero-order chi connectivity index (χ0) is 19.1. The van der Waals surface area contributed by atoms with Crippen LogP contribution in [0.1, 0.15) is 16.8 Å². The molecule has 0 saturated heterocycles. The van der Waals surface area contributed by atoms with E-state index < -0.39 is 0 Å². The van der Waals surface area contributed by atoms with Crippen LogP contribution in [0.25, 0.3) is 22.7 Å².